The quantitative estimate of drug-likeness (QED) is 0.419. The monoisotopic (exact) mass is 395 g/mol. The first-order valence-electron chi connectivity index (χ1n) is 8.65. The minimum atomic E-state index is -0.550. The normalized spacial score (nSPS) is 10.8. The number of hydrazone groups is 1. The molecule has 2 aromatic rings. The molecular formula is C20H21N5O4. The molecule has 0 saturated carbocycles. The van der Waals surface area contributed by atoms with Crippen molar-refractivity contribution in [3.63, 3.8) is 0 Å². The van der Waals surface area contributed by atoms with E-state index in [-0.39, 0.29) is 18.2 Å². The van der Waals surface area contributed by atoms with E-state index in [1.165, 1.54) is 19.1 Å². The number of amides is 4. The fraction of sp³-hybridized carbons (Fsp3) is 0.150. The predicted octanol–water partition coefficient (Wildman–Crippen LogP) is 1.88. The van der Waals surface area contributed by atoms with Gasteiger partial charge in [0.15, 0.2) is 0 Å². The molecule has 0 aliphatic heterocycles. The van der Waals surface area contributed by atoms with Gasteiger partial charge in [0.25, 0.3) is 5.91 Å². The van der Waals surface area contributed by atoms with Gasteiger partial charge in [-0.25, -0.2) is 5.43 Å². The number of carbonyl (C=O) groups is 4. The molecule has 4 amide bonds. The van der Waals surface area contributed by atoms with Gasteiger partial charge in [0.1, 0.15) is 0 Å². The summed E-state index contributed by atoms with van der Waals surface area (Å²) < 4.78 is 0. The summed E-state index contributed by atoms with van der Waals surface area (Å²) in [6, 6.07) is 12.5. The van der Waals surface area contributed by atoms with Crippen LogP contribution in [0.3, 0.4) is 0 Å². The summed E-state index contributed by atoms with van der Waals surface area (Å²) in [5.74, 6) is -1.52. The standard InChI is InChI=1S/C20H21N5O4/c1-12(11-18(27)23-17-7-3-14(4-8-17)19(21)28)24-25-20(29)15-5-9-16(10-6-15)22-13(2)26/h3-10H,11H2,1-2H3,(H2,21,28)(H,22,26)(H,23,27)(H,25,29)/b24-12-. The van der Waals surface area contributed by atoms with Crippen LogP contribution < -0.4 is 21.8 Å². The average Bonchev–Trinajstić information content (AvgIpc) is 2.66. The minimum Gasteiger partial charge on any atom is -0.366 e. The molecule has 0 radical (unpaired) electrons. The first-order valence-corrected chi connectivity index (χ1v) is 8.65. The highest BCUT2D eigenvalue weighted by atomic mass is 16.2. The summed E-state index contributed by atoms with van der Waals surface area (Å²) in [6.07, 6.45) is -0.0285. The van der Waals surface area contributed by atoms with Gasteiger partial charge >= 0.3 is 0 Å². The van der Waals surface area contributed by atoms with E-state index in [0.717, 1.165) is 0 Å². The molecule has 0 aliphatic carbocycles. The first-order chi connectivity index (χ1) is 13.7. The molecule has 5 N–H and O–H groups in total. The number of primary amides is 1. The van der Waals surface area contributed by atoms with Crippen molar-refractivity contribution < 1.29 is 19.2 Å². The van der Waals surface area contributed by atoms with Crippen molar-refractivity contribution in [3.8, 4) is 0 Å². The highest BCUT2D eigenvalue weighted by Crippen LogP contribution is 2.10. The maximum absolute atomic E-state index is 12.1. The van der Waals surface area contributed by atoms with E-state index in [4.69, 9.17) is 5.73 Å². The number of rotatable bonds is 7. The van der Waals surface area contributed by atoms with E-state index >= 15 is 0 Å². The van der Waals surface area contributed by atoms with Gasteiger partial charge in [0, 0.05) is 35.1 Å². The number of carbonyl (C=O) groups excluding carboxylic acids is 4. The van der Waals surface area contributed by atoms with Crippen molar-refractivity contribution in [1.82, 2.24) is 5.43 Å². The van der Waals surface area contributed by atoms with Crippen LogP contribution in [-0.4, -0.2) is 29.3 Å². The number of benzene rings is 2. The molecule has 0 aromatic heterocycles. The van der Waals surface area contributed by atoms with Gasteiger partial charge in [-0.05, 0) is 55.5 Å². The molecule has 0 fully saturated rings. The second kappa shape index (κ2) is 9.79. The van der Waals surface area contributed by atoms with E-state index in [2.05, 4.69) is 21.2 Å². The number of hydrogen-bond acceptors (Lipinski definition) is 5. The molecule has 150 valence electrons. The second-order valence-electron chi connectivity index (χ2n) is 6.21. The van der Waals surface area contributed by atoms with Crippen LogP contribution in [0.15, 0.2) is 53.6 Å². The lowest BCUT2D eigenvalue weighted by Crippen LogP contribution is -2.21. The summed E-state index contributed by atoms with van der Waals surface area (Å²) in [4.78, 5) is 46.2. The Morgan fingerprint density at radius 2 is 1.34 bits per heavy atom. The van der Waals surface area contributed by atoms with Crippen LogP contribution in [0.5, 0.6) is 0 Å². The molecule has 9 nitrogen and oxygen atoms in total. The third kappa shape index (κ3) is 6.90. The molecular weight excluding hydrogens is 374 g/mol. The summed E-state index contributed by atoms with van der Waals surface area (Å²) in [5.41, 5.74) is 9.73. The van der Waals surface area contributed by atoms with Gasteiger partial charge < -0.3 is 16.4 Å². The fourth-order valence-electron chi connectivity index (χ4n) is 2.31. The summed E-state index contributed by atoms with van der Waals surface area (Å²) in [7, 11) is 0. The van der Waals surface area contributed by atoms with Crippen molar-refractivity contribution in [2.45, 2.75) is 20.3 Å². The van der Waals surface area contributed by atoms with Gasteiger partial charge in [-0.15, -0.1) is 0 Å². The molecule has 0 unspecified atom stereocenters. The topological polar surface area (TPSA) is 143 Å². The molecule has 0 heterocycles. The molecule has 2 rings (SSSR count). The third-order valence-electron chi connectivity index (χ3n) is 3.69. The highest BCUT2D eigenvalue weighted by Gasteiger charge is 2.08. The van der Waals surface area contributed by atoms with Gasteiger partial charge in [0.2, 0.25) is 17.7 Å². The van der Waals surface area contributed by atoms with Crippen LogP contribution in [0, 0.1) is 0 Å². The Morgan fingerprint density at radius 3 is 1.86 bits per heavy atom. The third-order valence-corrected chi connectivity index (χ3v) is 3.69. The lowest BCUT2D eigenvalue weighted by Gasteiger charge is -2.06. The average molecular weight is 395 g/mol. The molecule has 0 bridgehead atoms. The van der Waals surface area contributed by atoms with Crippen molar-refractivity contribution in [3.05, 3.63) is 59.7 Å². The Morgan fingerprint density at radius 1 is 0.828 bits per heavy atom. The van der Waals surface area contributed by atoms with Crippen LogP contribution in [-0.2, 0) is 9.59 Å². The molecule has 0 spiro atoms. The molecule has 0 atom stereocenters. The van der Waals surface area contributed by atoms with Crippen molar-refractivity contribution in [2.24, 2.45) is 10.8 Å². The molecule has 0 saturated heterocycles. The summed E-state index contributed by atoms with van der Waals surface area (Å²) in [6.45, 7) is 3.00. The second-order valence-corrected chi connectivity index (χ2v) is 6.21. The minimum absolute atomic E-state index is 0.0285. The maximum atomic E-state index is 12.1. The Labute approximate surface area is 167 Å². The first kappa shape index (κ1) is 21.3. The Balaban J connectivity index is 1.86. The number of anilines is 2. The molecule has 29 heavy (non-hydrogen) atoms. The Bertz CT molecular complexity index is 950. The molecule has 2 aromatic carbocycles. The Hall–Kier alpha value is -4.01. The van der Waals surface area contributed by atoms with E-state index < -0.39 is 11.8 Å². The van der Waals surface area contributed by atoms with Gasteiger partial charge in [-0.3, -0.25) is 19.2 Å². The van der Waals surface area contributed by atoms with E-state index in [1.807, 2.05) is 0 Å². The SMILES string of the molecule is CC(=O)Nc1ccc(C(=O)N/N=C(/C)CC(=O)Nc2ccc(C(N)=O)cc2)cc1. The van der Waals surface area contributed by atoms with Gasteiger partial charge in [-0.2, -0.15) is 5.10 Å². The van der Waals surface area contributed by atoms with Crippen LogP contribution in [0.25, 0.3) is 0 Å². The number of nitrogens with one attached hydrogen (secondary N) is 3. The number of nitrogens with two attached hydrogens (primary N) is 1. The lowest BCUT2D eigenvalue weighted by molar-refractivity contribution is -0.115. The van der Waals surface area contributed by atoms with E-state index in [9.17, 15) is 19.2 Å². The predicted molar refractivity (Wildman–Crippen MR) is 110 cm³/mol. The van der Waals surface area contributed by atoms with Crippen LogP contribution in [0.1, 0.15) is 41.0 Å². The number of hydrogen-bond donors (Lipinski definition) is 4. The van der Waals surface area contributed by atoms with E-state index in [1.54, 1.807) is 43.3 Å². The van der Waals surface area contributed by atoms with Crippen molar-refractivity contribution in [1.29, 1.82) is 0 Å². The van der Waals surface area contributed by atoms with Crippen molar-refractivity contribution >= 4 is 40.7 Å². The summed E-state index contributed by atoms with van der Waals surface area (Å²) >= 11 is 0. The molecule has 0 aliphatic rings. The van der Waals surface area contributed by atoms with Gasteiger partial charge in [-0.1, -0.05) is 0 Å². The van der Waals surface area contributed by atoms with Gasteiger partial charge in [0.05, 0.1) is 6.42 Å². The maximum Gasteiger partial charge on any atom is 0.271 e. The van der Waals surface area contributed by atoms with Crippen LogP contribution in [0.2, 0.25) is 0 Å². The van der Waals surface area contributed by atoms with Crippen molar-refractivity contribution in [2.75, 3.05) is 10.6 Å². The zero-order valence-electron chi connectivity index (χ0n) is 16.0. The largest absolute Gasteiger partial charge is 0.366 e. The molecule has 9 heteroatoms. The smallest absolute Gasteiger partial charge is 0.271 e. The highest BCUT2D eigenvalue weighted by molar-refractivity contribution is 6.06. The summed E-state index contributed by atoms with van der Waals surface area (Å²) in [5, 5.41) is 9.18. The van der Waals surface area contributed by atoms with Crippen LogP contribution in [0.4, 0.5) is 11.4 Å². The zero-order chi connectivity index (χ0) is 21.4. The lowest BCUT2D eigenvalue weighted by atomic mass is 10.2. The zero-order valence-corrected chi connectivity index (χ0v) is 16.0. The van der Waals surface area contributed by atoms with Crippen LogP contribution >= 0.6 is 0 Å². The Kier molecular flexibility index (Phi) is 7.19. The fourth-order valence-corrected chi connectivity index (χ4v) is 2.31. The van der Waals surface area contributed by atoms with E-state index in [0.29, 0.717) is 28.2 Å². The number of nitrogens with zero attached hydrogens (tertiary/aromatic N) is 1.